The fraction of sp³-hybridized carbons (Fsp3) is 0.500. The Bertz CT molecular complexity index is 362. The maximum Gasteiger partial charge on any atom is 0.0929 e. The van der Waals surface area contributed by atoms with E-state index >= 15 is 0 Å². The number of thioether (sulfide) groups is 1. The molecule has 0 saturated heterocycles. The number of halogens is 2. The zero-order valence-electron chi connectivity index (χ0n) is 9.91. The number of hydrogen-bond donors (Lipinski definition) is 2. The van der Waals surface area contributed by atoms with Crippen LogP contribution in [0.5, 0.6) is 0 Å². The second-order valence-electron chi connectivity index (χ2n) is 3.95. The van der Waals surface area contributed by atoms with Crippen molar-refractivity contribution in [1.82, 2.24) is 5.32 Å². The molecule has 0 heterocycles. The van der Waals surface area contributed by atoms with Crippen molar-refractivity contribution < 1.29 is 5.11 Å². The maximum absolute atomic E-state index is 10.0. The summed E-state index contributed by atoms with van der Waals surface area (Å²) in [6, 6.07) is 5.48. The van der Waals surface area contributed by atoms with Crippen molar-refractivity contribution in [1.29, 1.82) is 0 Å². The van der Waals surface area contributed by atoms with Gasteiger partial charge in [-0.3, -0.25) is 0 Å². The molecular weight excluding hydrogens is 277 g/mol. The molecule has 5 heteroatoms. The van der Waals surface area contributed by atoms with E-state index in [2.05, 4.69) is 18.5 Å². The fourth-order valence-corrected chi connectivity index (χ4v) is 2.54. The monoisotopic (exact) mass is 293 g/mol. The minimum absolute atomic E-state index is 0.359. The van der Waals surface area contributed by atoms with Gasteiger partial charge in [0.25, 0.3) is 0 Å². The molecule has 17 heavy (non-hydrogen) atoms. The molecular formula is C12H17Cl2NOS. The molecule has 0 aliphatic carbocycles. The van der Waals surface area contributed by atoms with E-state index in [-0.39, 0.29) is 0 Å². The van der Waals surface area contributed by atoms with Gasteiger partial charge in [0.2, 0.25) is 0 Å². The highest BCUT2D eigenvalue weighted by Gasteiger charge is 2.13. The maximum atomic E-state index is 10.0. The number of aliphatic hydroxyl groups excluding tert-OH is 1. The van der Waals surface area contributed by atoms with Gasteiger partial charge in [0, 0.05) is 33.9 Å². The first kappa shape index (κ1) is 15.1. The molecule has 0 bridgehead atoms. The summed E-state index contributed by atoms with van der Waals surface area (Å²) in [4.78, 5) is 0. The summed E-state index contributed by atoms with van der Waals surface area (Å²) in [5.74, 6) is 1.01. The van der Waals surface area contributed by atoms with Crippen LogP contribution in [0.1, 0.15) is 18.6 Å². The van der Waals surface area contributed by atoms with Gasteiger partial charge in [-0.2, -0.15) is 11.8 Å². The summed E-state index contributed by atoms with van der Waals surface area (Å²) in [5.41, 5.74) is 0.669. The smallest absolute Gasteiger partial charge is 0.0929 e. The van der Waals surface area contributed by atoms with Crippen LogP contribution in [0.15, 0.2) is 18.2 Å². The van der Waals surface area contributed by atoms with Crippen molar-refractivity contribution in [2.45, 2.75) is 19.1 Å². The van der Waals surface area contributed by atoms with Gasteiger partial charge in [0.05, 0.1) is 6.10 Å². The molecule has 2 atom stereocenters. The highest BCUT2D eigenvalue weighted by atomic mass is 35.5. The van der Waals surface area contributed by atoms with Crippen LogP contribution in [0.3, 0.4) is 0 Å². The first-order chi connectivity index (χ1) is 8.04. The molecule has 0 spiro atoms. The Morgan fingerprint density at radius 3 is 2.76 bits per heavy atom. The predicted octanol–water partition coefficient (Wildman–Crippen LogP) is 3.37. The summed E-state index contributed by atoms with van der Waals surface area (Å²) in [6.45, 7) is 2.56. The predicted molar refractivity (Wildman–Crippen MR) is 77.3 cm³/mol. The van der Waals surface area contributed by atoms with Crippen LogP contribution in [0, 0.1) is 0 Å². The molecule has 2 unspecified atom stereocenters. The molecule has 0 aliphatic rings. The van der Waals surface area contributed by atoms with Crippen LogP contribution in [-0.2, 0) is 0 Å². The highest BCUT2D eigenvalue weighted by molar-refractivity contribution is 7.98. The lowest BCUT2D eigenvalue weighted by atomic mass is 10.1. The van der Waals surface area contributed by atoms with E-state index in [9.17, 15) is 5.11 Å². The first-order valence-corrected chi connectivity index (χ1v) is 7.55. The first-order valence-electron chi connectivity index (χ1n) is 5.40. The third-order valence-corrected chi connectivity index (χ3v) is 3.81. The lowest BCUT2D eigenvalue weighted by Gasteiger charge is -2.17. The van der Waals surface area contributed by atoms with Crippen LogP contribution in [0.4, 0.5) is 0 Å². The second kappa shape index (κ2) is 7.49. The fourth-order valence-electron chi connectivity index (χ4n) is 1.50. The van der Waals surface area contributed by atoms with Crippen molar-refractivity contribution in [3.8, 4) is 0 Å². The van der Waals surface area contributed by atoms with Gasteiger partial charge < -0.3 is 10.4 Å². The molecule has 0 aromatic heterocycles. The van der Waals surface area contributed by atoms with Gasteiger partial charge in [-0.25, -0.2) is 0 Å². The average Bonchev–Trinajstić information content (AvgIpc) is 2.29. The molecule has 0 amide bonds. The summed E-state index contributed by atoms with van der Waals surface area (Å²) in [5, 5.41) is 14.4. The van der Waals surface area contributed by atoms with E-state index in [1.807, 2.05) is 0 Å². The normalized spacial score (nSPS) is 14.6. The van der Waals surface area contributed by atoms with Gasteiger partial charge in [0.15, 0.2) is 0 Å². The van der Waals surface area contributed by atoms with Crippen LogP contribution >= 0.6 is 35.0 Å². The number of hydrogen-bond acceptors (Lipinski definition) is 3. The zero-order valence-corrected chi connectivity index (χ0v) is 12.2. The van der Waals surface area contributed by atoms with Crippen molar-refractivity contribution >= 4 is 35.0 Å². The van der Waals surface area contributed by atoms with Crippen LogP contribution in [0.25, 0.3) is 0 Å². The lowest BCUT2D eigenvalue weighted by molar-refractivity contribution is 0.172. The number of nitrogens with one attached hydrogen (secondary N) is 1. The summed E-state index contributed by atoms with van der Waals surface area (Å²) < 4.78 is 0. The lowest BCUT2D eigenvalue weighted by Crippen LogP contribution is -2.32. The third kappa shape index (κ3) is 5.06. The Hall–Kier alpha value is 0.0700. The van der Waals surface area contributed by atoms with Crippen molar-refractivity contribution in [2.24, 2.45) is 0 Å². The number of benzene rings is 1. The zero-order chi connectivity index (χ0) is 12.8. The van der Waals surface area contributed by atoms with Gasteiger partial charge in [0.1, 0.15) is 0 Å². The van der Waals surface area contributed by atoms with E-state index in [0.29, 0.717) is 28.2 Å². The SMILES string of the molecule is CSCC(C)NCC(O)c1cc(Cl)ccc1Cl. The molecule has 2 N–H and O–H groups in total. The Kier molecular flexibility index (Phi) is 6.67. The highest BCUT2D eigenvalue weighted by Crippen LogP contribution is 2.26. The molecule has 0 radical (unpaired) electrons. The Labute approximate surface area is 117 Å². The minimum atomic E-state index is -0.634. The standard InChI is InChI=1S/C12H17Cl2NOS/c1-8(7-17-2)15-6-12(16)10-5-9(13)3-4-11(10)14/h3-5,8,12,15-16H,6-7H2,1-2H3. The van der Waals surface area contributed by atoms with Gasteiger partial charge >= 0.3 is 0 Å². The summed E-state index contributed by atoms with van der Waals surface area (Å²) >= 11 is 13.7. The largest absolute Gasteiger partial charge is 0.387 e. The molecule has 1 rings (SSSR count). The summed E-state index contributed by atoms with van der Waals surface area (Å²) in [6.07, 6.45) is 1.42. The number of rotatable bonds is 6. The molecule has 1 aromatic rings. The quantitative estimate of drug-likeness (QED) is 0.843. The van der Waals surface area contributed by atoms with E-state index < -0.39 is 6.10 Å². The second-order valence-corrected chi connectivity index (χ2v) is 5.70. The minimum Gasteiger partial charge on any atom is -0.387 e. The summed E-state index contributed by atoms with van der Waals surface area (Å²) in [7, 11) is 0. The van der Waals surface area contributed by atoms with Crippen molar-refractivity contribution in [2.75, 3.05) is 18.6 Å². The van der Waals surface area contributed by atoms with Gasteiger partial charge in [-0.1, -0.05) is 23.2 Å². The van der Waals surface area contributed by atoms with Crippen LogP contribution in [0.2, 0.25) is 10.0 Å². The van der Waals surface area contributed by atoms with Crippen molar-refractivity contribution in [3.63, 3.8) is 0 Å². The van der Waals surface area contributed by atoms with Crippen LogP contribution in [-0.4, -0.2) is 29.7 Å². The van der Waals surface area contributed by atoms with Gasteiger partial charge in [-0.05, 0) is 31.4 Å². The molecule has 96 valence electrons. The average molecular weight is 294 g/mol. The Balaban J connectivity index is 2.57. The topological polar surface area (TPSA) is 32.3 Å². The van der Waals surface area contributed by atoms with Crippen molar-refractivity contribution in [3.05, 3.63) is 33.8 Å². The Morgan fingerprint density at radius 2 is 2.12 bits per heavy atom. The van der Waals surface area contributed by atoms with Crippen LogP contribution < -0.4 is 5.32 Å². The molecule has 2 nitrogen and oxygen atoms in total. The van der Waals surface area contributed by atoms with Gasteiger partial charge in [-0.15, -0.1) is 0 Å². The molecule has 1 aromatic carbocycles. The van der Waals surface area contributed by atoms with E-state index in [1.165, 1.54) is 0 Å². The molecule has 0 saturated carbocycles. The van der Waals surface area contributed by atoms with E-state index in [1.54, 1.807) is 30.0 Å². The Morgan fingerprint density at radius 1 is 1.41 bits per heavy atom. The number of aliphatic hydroxyl groups is 1. The molecule has 0 aliphatic heterocycles. The third-order valence-electron chi connectivity index (χ3n) is 2.39. The molecule has 0 fully saturated rings. The van der Waals surface area contributed by atoms with E-state index in [4.69, 9.17) is 23.2 Å². The van der Waals surface area contributed by atoms with E-state index in [0.717, 1.165) is 5.75 Å².